The van der Waals surface area contributed by atoms with Crippen molar-refractivity contribution in [2.75, 3.05) is 19.6 Å². The predicted octanol–water partition coefficient (Wildman–Crippen LogP) is -2.61. The molecule has 1 heterocycles. The van der Waals surface area contributed by atoms with Crippen molar-refractivity contribution >= 4 is 41.5 Å². The van der Waals surface area contributed by atoms with Crippen LogP contribution in [0.5, 0.6) is 0 Å². The van der Waals surface area contributed by atoms with E-state index in [0.717, 1.165) is 0 Å². The molecule has 0 aromatic rings. The molecule has 3 atom stereocenters. The number of carbonyl (C=O) groups excluding carboxylic acids is 5. The second kappa shape index (κ2) is 16.8. The van der Waals surface area contributed by atoms with Crippen molar-refractivity contribution in [2.24, 2.45) is 5.73 Å². The van der Waals surface area contributed by atoms with Crippen molar-refractivity contribution in [3.63, 3.8) is 0 Å². The van der Waals surface area contributed by atoms with Crippen LogP contribution in [0.1, 0.15) is 32.6 Å². The number of rotatable bonds is 10. The van der Waals surface area contributed by atoms with E-state index in [9.17, 15) is 39.0 Å². The van der Waals surface area contributed by atoms with Crippen molar-refractivity contribution in [3.05, 3.63) is 36.1 Å². The van der Waals surface area contributed by atoms with Crippen LogP contribution in [0.15, 0.2) is 36.1 Å². The Morgan fingerprint density at radius 1 is 0.950 bits per heavy atom. The number of aliphatic hydroxyl groups is 1. The van der Waals surface area contributed by atoms with Crippen molar-refractivity contribution in [1.82, 2.24) is 31.9 Å². The standard InChI is InChI=1S/C24H36N8O8/c1-3-14(7-6-13(2)33)9-16-22(39)29-11-18(34)30-15(5-4-8-27-24(25)26)21(38)28-12-19(35)31-17(10-20(36)37)23(40)32-16/h3,6-7,15-17,33H,2,4-5,8-12H2,1H3,(H,28,38)(H,29,39)(H,30,34)(H,31,35)(H,32,40)(H,36,37)(H4,25,26,27)/b7-6-,14-3+. The van der Waals surface area contributed by atoms with Crippen LogP contribution in [-0.2, 0) is 28.8 Å². The maximum absolute atomic E-state index is 13.0. The van der Waals surface area contributed by atoms with E-state index in [1.807, 2.05) is 0 Å². The Balaban J connectivity index is 3.25. The van der Waals surface area contributed by atoms with Gasteiger partial charge in [-0.15, -0.1) is 0 Å². The number of nitrogens with one attached hydrogen (secondary N) is 7. The van der Waals surface area contributed by atoms with E-state index in [-0.39, 0.29) is 31.1 Å². The molecule has 11 N–H and O–H groups in total. The summed E-state index contributed by atoms with van der Waals surface area (Å²) in [6, 6.07) is -4.01. The number of hydrogen-bond acceptors (Lipinski definition) is 8. The van der Waals surface area contributed by atoms with Crippen LogP contribution in [0.3, 0.4) is 0 Å². The first-order valence-corrected chi connectivity index (χ1v) is 12.3. The molecule has 0 bridgehead atoms. The van der Waals surface area contributed by atoms with Crippen molar-refractivity contribution < 1.29 is 39.0 Å². The minimum Gasteiger partial charge on any atom is -0.509 e. The third kappa shape index (κ3) is 13.1. The highest BCUT2D eigenvalue weighted by Crippen LogP contribution is 2.10. The van der Waals surface area contributed by atoms with Gasteiger partial charge in [0.05, 0.1) is 19.5 Å². The summed E-state index contributed by atoms with van der Waals surface area (Å²) in [5.74, 6) is -6.08. The van der Waals surface area contributed by atoms with E-state index in [4.69, 9.17) is 11.1 Å². The molecule has 1 fully saturated rings. The Labute approximate surface area is 230 Å². The maximum atomic E-state index is 13.0. The first kappa shape index (κ1) is 33.1. The number of aliphatic hydroxyl groups excluding tert-OH is 1. The van der Waals surface area contributed by atoms with E-state index >= 15 is 0 Å². The highest BCUT2D eigenvalue weighted by atomic mass is 16.4. The third-order valence-corrected chi connectivity index (χ3v) is 5.45. The smallest absolute Gasteiger partial charge is 0.305 e. The van der Waals surface area contributed by atoms with Crippen molar-refractivity contribution in [1.29, 1.82) is 5.41 Å². The van der Waals surface area contributed by atoms with Gasteiger partial charge in [-0.05, 0) is 31.4 Å². The molecule has 220 valence electrons. The lowest BCUT2D eigenvalue weighted by Crippen LogP contribution is -2.55. The van der Waals surface area contributed by atoms with Gasteiger partial charge in [-0.3, -0.25) is 34.2 Å². The van der Waals surface area contributed by atoms with E-state index in [2.05, 4.69) is 38.5 Å². The van der Waals surface area contributed by atoms with Gasteiger partial charge in [0.25, 0.3) is 0 Å². The van der Waals surface area contributed by atoms with Crippen LogP contribution >= 0.6 is 0 Å². The number of carboxylic acid groups (broad SMARTS) is 1. The third-order valence-electron chi connectivity index (χ3n) is 5.45. The van der Waals surface area contributed by atoms with Crippen LogP contribution in [-0.4, -0.2) is 89.4 Å². The summed E-state index contributed by atoms with van der Waals surface area (Å²) in [7, 11) is 0. The largest absolute Gasteiger partial charge is 0.509 e. The van der Waals surface area contributed by atoms with Gasteiger partial charge in [0.2, 0.25) is 29.5 Å². The predicted molar refractivity (Wildman–Crippen MR) is 142 cm³/mol. The Morgan fingerprint density at radius 2 is 1.50 bits per heavy atom. The number of amides is 5. The molecular formula is C24H36N8O8. The van der Waals surface area contributed by atoms with Crippen LogP contribution in [0, 0.1) is 5.41 Å². The number of allylic oxidation sites excluding steroid dienone is 3. The second-order valence-electron chi connectivity index (χ2n) is 8.71. The first-order chi connectivity index (χ1) is 18.8. The fourth-order valence-corrected chi connectivity index (χ4v) is 3.46. The van der Waals surface area contributed by atoms with Gasteiger partial charge < -0.3 is 47.8 Å². The van der Waals surface area contributed by atoms with Gasteiger partial charge >= 0.3 is 5.97 Å². The Bertz CT molecular complexity index is 1070. The summed E-state index contributed by atoms with van der Waals surface area (Å²) in [4.78, 5) is 75.0. The lowest BCUT2D eigenvalue weighted by molar-refractivity contribution is -0.141. The molecule has 0 aromatic carbocycles. The zero-order chi connectivity index (χ0) is 30.2. The van der Waals surface area contributed by atoms with Gasteiger partial charge in [0.15, 0.2) is 5.96 Å². The number of aliphatic carboxylic acids is 1. The molecule has 0 spiro atoms. The molecule has 3 unspecified atom stereocenters. The van der Waals surface area contributed by atoms with E-state index in [0.29, 0.717) is 12.0 Å². The van der Waals surface area contributed by atoms with Crippen LogP contribution < -0.4 is 37.6 Å². The Morgan fingerprint density at radius 3 is 2.02 bits per heavy atom. The highest BCUT2D eigenvalue weighted by Gasteiger charge is 2.30. The molecule has 40 heavy (non-hydrogen) atoms. The Hall–Kier alpha value is -4.89. The lowest BCUT2D eigenvalue weighted by atomic mass is 10.0. The quantitative estimate of drug-likeness (QED) is 0.0434. The molecule has 1 saturated heterocycles. The van der Waals surface area contributed by atoms with Crippen LogP contribution in [0.25, 0.3) is 0 Å². The highest BCUT2D eigenvalue weighted by molar-refractivity contribution is 5.97. The summed E-state index contributed by atoms with van der Waals surface area (Å²) in [5, 5.41) is 40.1. The summed E-state index contributed by atoms with van der Waals surface area (Å²) in [6.45, 7) is 4.01. The van der Waals surface area contributed by atoms with Gasteiger partial charge in [0, 0.05) is 13.0 Å². The fraction of sp³-hybridized carbons (Fsp3) is 0.458. The van der Waals surface area contributed by atoms with Crippen LogP contribution in [0.4, 0.5) is 0 Å². The summed E-state index contributed by atoms with van der Waals surface area (Å²) < 4.78 is 0. The fourth-order valence-electron chi connectivity index (χ4n) is 3.46. The number of carbonyl (C=O) groups is 6. The second-order valence-corrected chi connectivity index (χ2v) is 8.71. The van der Waals surface area contributed by atoms with E-state index < -0.39 is 73.1 Å². The lowest BCUT2D eigenvalue weighted by Gasteiger charge is -2.22. The Kier molecular flexibility index (Phi) is 14.0. The summed E-state index contributed by atoms with van der Waals surface area (Å²) in [6.07, 6.45) is 3.76. The topological polar surface area (TPSA) is 265 Å². The molecule has 0 saturated carbocycles. The van der Waals surface area contributed by atoms with Crippen molar-refractivity contribution in [2.45, 2.75) is 50.7 Å². The molecule has 16 nitrogen and oxygen atoms in total. The zero-order valence-electron chi connectivity index (χ0n) is 22.0. The molecule has 0 aliphatic carbocycles. The van der Waals surface area contributed by atoms with Gasteiger partial charge in [-0.2, -0.15) is 0 Å². The molecule has 1 aliphatic heterocycles. The molecule has 5 amide bonds. The number of nitrogens with two attached hydrogens (primary N) is 1. The summed E-state index contributed by atoms with van der Waals surface area (Å²) >= 11 is 0. The zero-order valence-corrected chi connectivity index (χ0v) is 22.0. The minimum atomic E-state index is -1.59. The maximum Gasteiger partial charge on any atom is 0.305 e. The number of carboxylic acids is 1. The molecule has 1 rings (SSSR count). The molecular weight excluding hydrogens is 528 g/mol. The molecule has 0 radical (unpaired) electrons. The van der Waals surface area contributed by atoms with Gasteiger partial charge in [0.1, 0.15) is 23.9 Å². The summed E-state index contributed by atoms with van der Waals surface area (Å²) in [5.41, 5.74) is 5.70. The molecule has 0 aromatic heterocycles. The molecule has 16 heteroatoms. The number of hydrogen-bond donors (Lipinski definition) is 10. The average Bonchev–Trinajstić information content (AvgIpc) is 2.87. The SMILES string of the molecule is C=C(O)/C=C\C(=C/C)CC1NC(=O)C(CC(=O)O)NC(=O)CNC(=O)C(CCCNC(=N)N)NC(=O)CNC1=O. The number of guanidine groups is 1. The van der Waals surface area contributed by atoms with Crippen LogP contribution in [0.2, 0.25) is 0 Å². The van der Waals surface area contributed by atoms with Gasteiger partial charge in [-0.1, -0.05) is 18.7 Å². The molecule has 1 aliphatic rings. The van der Waals surface area contributed by atoms with Gasteiger partial charge in [-0.25, -0.2) is 0 Å². The van der Waals surface area contributed by atoms with E-state index in [1.54, 1.807) is 13.0 Å². The normalized spacial score (nSPS) is 21.6. The first-order valence-electron chi connectivity index (χ1n) is 12.3. The average molecular weight is 565 g/mol. The monoisotopic (exact) mass is 564 g/mol. The minimum absolute atomic E-state index is 0.0882. The van der Waals surface area contributed by atoms with E-state index in [1.165, 1.54) is 12.2 Å². The van der Waals surface area contributed by atoms with Crippen molar-refractivity contribution in [3.8, 4) is 0 Å².